The molecule has 0 bridgehead atoms. The molecule has 2 heterocycles. The minimum atomic E-state index is -0.526. The molecule has 0 atom stereocenters. The Morgan fingerprint density at radius 2 is 1.81 bits per heavy atom. The maximum atomic E-state index is 12.8. The highest BCUT2D eigenvalue weighted by atomic mass is 32.1. The van der Waals surface area contributed by atoms with Crippen LogP contribution < -0.4 is 25.6 Å². The van der Waals surface area contributed by atoms with Crippen molar-refractivity contribution in [2.24, 2.45) is 0 Å². The number of fused-ring (bicyclic) bond motifs is 1. The largest absolute Gasteiger partial charge is 0.493 e. The number of methoxy groups -OCH3 is 2. The Morgan fingerprint density at radius 3 is 2.59 bits per heavy atom. The Balaban J connectivity index is 1.16. The van der Waals surface area contributed by atoms with Gasteiger partial charge in [-0.1, -0.05) is 42.5 Å². The number of anilines is 1. The summed E-state index contributed by atoms with van der Waals surface area (Å²) < 4.78 is 10.6. The van der Waals surface area contributed by atoms with Crippen LogP contribution in [-0.4, -0.2) is 48.8 Å². The summed E-state index contributed by atoms with van der Waals surface area (Å²) in [5, 5.41) is 9.34. The Hall–Kier alpha value is -3.82. The Kier molecular flexibility index (Phi) is 7.16. The first-order valence-corrected chi connectivity index (χ1v) is 12.6. The second kappa shape index (κ2) is 10.7. The highest BCUT2D eigenvalue weighted by Crippen LogP contribution is 2.33. The summed E-state index contributed by atoms with van der Waals surface area (Å²) >= 11 is 5.72. The summed E-state index contributed by atoms with van der Waals surface area (Å²) in [7, 11) is 3.18. The van der Waals surface area contributed by atoms with Gasteiger partial charge < -0.3 is 25.0 Å². The lowest BCUT2D eigenvalue weighted by Gasteiger charge is -2.38. The minimum absolute atomic E-state index is 0.220. The number of hydroxylamine groups is 1. The number of carbonyl (C=O) groups is 1. The van der Waals surface area contributed by atoms with Gasteiger partial charge in [0.2, 0.25) is 0 Å². The van der Waals surface area contributed by atoms with E-state index in [1.807, 2.05) is 48.5 Å². The molecule has 3 N–H and O–H groups in total. The zero-order chi connectivity index (χ0) is 25.8. The molecule has 9 heteroatoms. The molecule has 1 saturated heterocycles. The zero-order valence-corrected chi connectivity index (χ0v) is 21.7. The number of rotatable bonds is 6. The molecule has 0 saturated carbocycles. The second-order valence-electron chi connectivity index (χ2n) is 9.14. The molecule has 0 unspecified atom stereocenters. The number of piperidine rings is 1. The average Bonchev–Trinajstić information content (AvgIpc) is 3.35. The number of nitrogens with zero attached hydrogens (tertiary/aromatic N) is 1. The number of amides is 1. The molecule has 3 aromatic rings. The first-order chi connectivity index (χ1) is 18.0. The van der Waals surface area contributed by atoms with E-state index >= 15 is 0 Å². The summed E-state index contributed by atoms with van der Waals surface area (Å²) in [4.78, 5) is 20.8. The molecule has 37 heavy (non-hydrogen) atoms. The molecule has 192 valence electrons. The van der Waals surface area contributed by atoms with Gasteiger partial charge in [-0.2, -0.15) is 0 Å². The van der Waals surface area contributed by atoms with Gasteiger partial charge in [0, 0.05) is 43.5 Å². The Morgan fingerprint density at radius 1 is 1.05 bits per heavy atom. The summed E-state index contributed by atoms with van der Waals surface area (Å²) in [5.74, 6) is 1.04. The van der Waals surface area contributed by atoms with Gasteiger partial charge >= 0.3 is 0 Å². The van der Waals surface area contributed by atoms with E-state index in [1.54, 1.807) is 14.2 Å². The topological polar surface area (TPSA) is 84.1 Å². The van der Waals surface area contributed by atoms with Gasteiger partial charge in [0.15, 0.2) is 16.6 Å². The van der Waals surface area contributed by atoms with Gasteiger partial charge in [-0.3, -0.25) is 15.1 Å². The van der Waals surface area contributed by atoms with Crippen LogP contribution in [0.4, 0.5) is 5.69 Å². The summed E-state index contributed by atoms with van der Waals surface area (Å²) in [6.45, 7) is 1.79. The molecule has 1 amide bonds. The average molecular weight is 519 g/mol. The fourth-order valence-electron chi connectivity index (χ4n) is 4.72. The van der Waals surface area contributed by atoms with E-state index in [4.69, 9.17) is 26.5 Å². The fourth-order valence-corrected chi connectivity index (χ4v) is 5.01. The van der Waals surface area contributed by atoms with E-state index in [9.17, 15) is 4.79 Å². The van der Waals surface area contributed by atoms with E-state index < -0.39 is 5.60 Å². The van der Waals surface area contributed by atoms with Crippen LogP contribution in [0, 0.1) is 0 Å². The number of carbonyl (C=O) groups excluding carboxylic acids is 1. The highest BCUT2D eigenvalue weighted by molar-refractivity contribution is 7.80. The number of hydrogen-bond donors (Lipinski definition) is 3. The quantitative estimate of drug-likeness (QED) is 0.421. The van der Waals surface area contributed by atoms with Crippen LogP contribution >= 0.6 is 12.2 Å². The number of nitrogens with one attached hydrogen (secondary N) is 3. The number of hydrogen-bond acceptors (Lipinski definition) is 6. The normalized spacial score (nSPS) is 16.2. The third-order valence-corrected chi connectivity index (χ3v) is 7.21. The molecule has 8 nitrogen and oxygen atoms in total. The molecule has 5 rings (SSSR count). The molecule has 3 aromatic carbocycles. The van der Waals surface area contributed by atoms with Crippen LogP contribution in [0.15, 0.2) is 72.4 Å². The lowest BCUT2D eigenvalue weighted by atomic mass is 9.91. The van der Waals surface area contributed by atoms with Crippen LogP contribution in [-0.2, 0) is 16.2 Å². The van der Waals surface area contributed by atoms with Crippen molar-refractivity contribution in [2.75, 3.05) is 32.6 Å². The fraction of sp³-hybridized carbons (Fsp3) is 0.286. The molecule has 2 aliphatic heterocycles. The minimum Gasteiger partial charge on any atom is -0.493 e. The van der Waals surface area contributed by atoms with Crippen molar-refractivity contribution in [2.45, 2.75) is 25.0 Å². The predicted octanol–water partition coefficient (Wildman–Crippen LogP) is 4.12. The molecule has 0 aliphatic carbocycles. The van der Waals surface area contributed by atoms with Gasteiger partial charge in [0.1, 0.15) is 11.3 Å². The van der Waals surface area contributed by atoms with Crippen molar-refractivity contribution < 1.29 is 19.1 Å². The lowest BCUT2D eigenvalue weighted by molar-refractivity contribution is -0.120. The smallest absolute Gasteiger partial charge is 0.269 e. The van der Waals surface area contributed by atoms with Gasteiger partial charge in [0.05, 0.1) is 14.2 Å². The number of thiocarbonyl (C=S) groups is 1. The maximum Gasteiger partial charge on any atom is 0.269 e. The van der Waals surface area contributed by atoms with Gasteiger partial charge in [0.25, 0.3) is 5.91 Å². The van der Waals surface area contributed by atoms with Crippen molar-refractivity contribution in [3.8, 4) is 11.5 Å². The van der Waals surface area contributed by atoms with Gasteiger partial charge in [-0.15, -0.1) is 0 Å². The summed E-state index contributed by atoms with van der Waals surface area (Å²) in [5.41, 5.74) is 4.63. The van der Waals surface area contributed by atoms with E-state index in [0.29, 0.717) is 41.7 Å². The maximum absolute atomic E-state index is 12.8. The van der Waals surface area contributed by atoms with Crippen molar-refractivity contribution in [1.29, 1.82) is 0 Å². The zero-order valence-electron chi connectivity index (χ0n) is 20.9. The summed E-state index contributed by atoms with van der Waals surface area (Å²) in [6.07, 6.45) is 3.32. The van der Waals surface area contributed by atoms with Crippen LogP contribution in [0.1, 0.15) is 18.4 Å². The van der Waals surface area contributed by atoms with Crippen molar-refractivity contribution >= 4 is 39.7 Å². The van der Waals surface area contributed by atoms with Gasteiger partial charge in [-0.25, -0.2) is 0 Å². The Bertz CT molecular complexity index is 1350. The highest BCUT2D eigenvalue weighted by Gasteiger charge is 2.40. The van der Waals surface area contributed by atoms with Crippen molar-refractivity contribution in [3.05, 3.63) is 78.0 Å². The predicted molar refractivity (Wildman–Crippen MR) is 147 cm³/mol. The standard InChI is InChI=1S/C28H30N4O4S/c1-34-24-11-10-19(16-25(24)35-2)18-29-26(33)23-17-28(36-31-23)12-14-32(15-13-28)27(37)30-22-9-5-7-20-6-3-4-8-21(20)22/h3-11,16-17,31H,12-15,18H2,1-2H3,(H,29,33)(H,30,37). The van der Waals surface area contributed by atoms with Gasteiger partial charge in [-0.05, 0) is 47.4 Å². The van der Waals surface area contributed by atoms with Crippen LogP contribution in [0.25, 0.3) is 10.8 Å². The second-order valence-corrected chi connectivity index (χ2v) is 9.53. The van der Waals surface area contributed by atoms with Crippen LogP contribution in [0.3, 0.4) is 0 Å². The number of ether oxygens (including phenoxy) is 2. The lowest BCUT2D eigenvalue weighted by Crippen LogP contribution is -2.48. The van der Waals surface area contributed by atoms with Crippen molar-refractivity contribution in [1.82, 2.24) is 15.7 Å². The van der Waals surface area contributed by atoms with E-state index in [2.05, 4.69) is 39.2 Å². The van der Waals surface area contributed by atoms with E-state index in [1.165, 1.54) is 5.39 Å². The molecular formula is C28H30N4O4S. The molecule has 1 spiro atoms. The van der Waals surface area contributed by atoms with E-state index in [-0.39, 0.29) is 5.91 Å². The first kappa shape index (κ1) is 24.9. The first-order valence-electron chi connectivity index (χ1n) is 12.2. The molecule has 0 aromatic heterocycles. The SMILES string of the molecule is COc1ccc(CNC(=O)C2=CC3(CCN(C(=S)Nc4cccc5ccccc45)CC3)ON2)cc1OC. The van der Waals surface area contributed by atoms with Crippen molar-refractivity contribution in [3.63, 3.8) is 0 Å². The monoisotopic (exact) mass is 518 g/mol. The third-order valence-electron chi connectivity index (χ3n) is 6.85. The molecule has 2 aliphatic rings. The van der Waals surface area contributed by atoms with Crippen LogP contribution in [0.2, 0.25) is 0 Å². The molecule has 0 radical (unpaired) electrons. The molecule has 1 fully saturated rings. The molecular weight excluding hydrogens is 488 g/mol. The van der Waals surface area contributed by atoms with Crippen LogP contribution in [0.5, 0.6) is 11.5 Å². The third kappa shape index (κ3) is 5.33. The number of likely N-dealkylation sites (tertiary alicyclic amines) is 1. The number of benzene rings is 3. The van der Waals surface area contributed by atoms with E-state index in [0.717, 1.165) is 29.7 Å². The summed E-state index contributed by atoms with van der Waals surface area (Å²) in [6, 6.07) is 19.9. The Labute approximate surface area is 221 Å².